The number of carbonyl (C=O) groups excluding carboxylic acids is 6. The number of hydrogen-bond acceptors (Lipinski definition) is 48. The van der Waals surface area contributed by atoms with Gasteiger partial charge in [0.25, 0.3) is 0 Å². The quantitative estimate of drug-likeness (QED) is 0.0203. The summed E-state index contributed by atoms with van der Waals surface area (Å²) in [5, 5.41) is 291. The lowest BCUT2D eigenvalue weighted by Crippen LogP contribution is -2.71. The lowest BCUT2D eigenvalue weighted by Gasteiger charge is -2.50. The van der Waals surface area contributed by atoms with Crippen molar-refractivity contribution in [2.45, 2.75) is 317 Å². The molecular formula is C67H114N6O47S. The zero-order valence-corrected chi connectivity index (χ0v) is 66.2. The molecule has 8 fully saturated rings. The molecule has 0 aromatic carbocycles. The number of carbonyl (C=O) groups is 6. The molecular weight excluding hydrogens is 1670 g/mol. The van der Waals surface area contributed by atoms with Gasteiger partial charge in [-0.25, -0.2) is 0 Å². The Kier molecular flexibility index (Phi) is 38.5. The molecule has 0 bridgehead atoms. The number of hydrogen-bond donors (Lipinski definition) is 32. The Hall–Kier alpha value is -4.31. The highest BCUT2D eigenvalue weighted by molar-refractivity contribution is 7.96. The summed E-state index contributed by atoms with van der Waals surface area (Å²) >= 11 is 3.61. The summed E-state index contributed by atoms with van der Waals surface area (Å²) in [6, 6.07) is -9.04. The van der Waals surface area contributed by atoms with Crippen molar-refractivity contribution in [1.29, 1.82) is 0 Å². The molecule has 54 heteroatoms. The maximum absolute atomic E-state index is 13.0. The van der Waals surface area contributed by atoms with Gasteiger partial charge in [-0.3, -0.25) is 28.8 Å². The minimum atomic E-state index is -2.98. The van der Waals surface area contributed by atoms with Crippen LogP contribution in [0.5, 0.6) is 0 Å². The molecule has 0 radical (unpaired) electrons. The van der Waals surface area contributed by atoms with Crippen molar-refractivity contribution >= 4 is 47.3 Å². The van der Waals surface area contributed by atoms with E-state index in [-0.39, 0.29) is 0 Å². The van der Waals surface area contributed by atoms with Crippen molar-refractivity contribution in [3.8, 4) is 0 Å². The van der Waals surface area contributed by atoms with E-state index in [1.54, 1.807) is 0 Å². The number of aliphatic hydroxyl groups is 25. The van der Waals surface area contributed by atoms with Gasteiger partial charge >= 0.3 is 0 Å². The Morgan fingerprint density at radius 1 is 0.347 bits per heavy atom. The van der Waals surface area contributed by atoms with Crippen LogP contribution in [0.25, 0.3) is 0 Å². The van der Waals surface area contributed by atoms with Crippen LogP contribution in [0.3, 0.4) is 0 Å². The molecule has 8 saturated heterocycles. The van der Waals surface area contributed by atoms with Crippen LogP contribution in [-0.4, -0.2) is 498 Å². The summed E-state index contributed by atoms with van der Waals surface area (Å²) < 4.78 is 94.4. The van der Waals surface area contributed by atoms with Crippen LogP contribution >= 0.6 is 12.6 Å². The van der Waals surface area contributed by atoms with Crippen molar-refractivity contribution in [2.24, 2.45) is 11.7 Å². The average molecular weight is 1790 g/mol. The molecule has 0 spiro atoms. The fraction of sp³-hybridized carbons (Fsp3) is 0.910. The van der Waals surface area contributed by atoms with Crippen LogP contribution in [0.1, 0.15) is 41.0 Å². The van der Waals surface area contributed by atoms with Crippen molar-refractivity contribution in [2.75, 3.05) is 59.5 Å². The summed E-state index contributed by atoms with van der Waals surface area (Å²) in [5.74, 6) is -6.47. The number of aliphatic hydroxyl groups excluding tert-OH is 25. The zero-order valence-electron chi connectivity index (χ0n) is 65.3. The van der Waals surface area contributed by atoms with Gasteiger partial charge in [-0.1, -0.05) is 6.92 Å². The van der Waals surface area contributed by atoms with Crippen molar-refractivity contribution in [3.05, 3.63) is 0 Å². The monoisotopic (exact) mass is 1790 g/mol. The van der Waals surface area contributed by atoms with Crippen LogP contribution in [0.2, 0.25) is 0 Å². The van der Waals surface area contributed by atoms with Crippen molar-refractivity contribution in [1.82, 2.24) is 26.6 Å². The van der Waals surface area contributed by atoms with Gasteiger partial charge in [-0.15, -0.1) is 12.6 Å². The summed E-state index contributed by atoms with van der Waals surface area (Å²) in [5.41, 5.74) is 5.69. The predicted molar refractivity (Wildman–Crippen MR) is 382 cm³/mol. The molecule has 5 amide bonds. The van der Waals surface area contributed by atoms with Crippen molar-refractivity contribution in [3.63, 3.8) is 0 Å². The highest BCUT2D eigenvalue weighted by Crippen LogP contribution is 2.39. The van der Waals surface area contributed by atoms with Gasteiger partial charge in [0.1, 0.15) is 207 Å². The van der Waals surface area contributed by atoms with Crippen LogP contribution in [0.15, 0.2) is 0 Å². The number of amides is 5. The molecule has 32 N–H and O–H groups in total. The van der Waals surface area contributed by atoms with E-state index in [1.165, 1.54) is 0 Å². The lowest BCUT2D eigenvalue weighted by atomic mass is 9.93. The standard InChI is InChI=1S/C67H114N6O47S/c1-16(15-105-66-56(46(98)38(90)24(9-76)109-66)119-62-33(71-19(4)84)42(94)53(28(13-80)112-62)116-64-48(100)44(96)36(88)22(7-74)107-64)35(87)55(118-67-57(47(99)39(91)25(10-77)110-67)120-63-34(72-20(5)85)43(95)54(29(14-81)113-63)117-65-49(101)45(97)37(89)23(8-75)108-65)50(102)59(103)114-51-27(12-79)111-61(32(41(51)93)70-18(3)83)115-52-26(11-78)106-58(31(40(52)92)69-17(2)82)73-30(86)6-21(68)60(104)121/h16,21-29,31-59,61-67,74-81,87-103H,6-15,68H2,1-5H3,(H,69,82)(H,70,83)(H,71,84)(H,72,85)(H,73,86)(H,104,121)/t16?,21-,22?,23?,24?,25?,26?,27?,28?,29?,31?,32?,33?,34?,35?,36?,37?,38?,39?,40?,41?,42?,43?,44?,45?,46?,47?,48?,49?,50?,51?,52?,53?,54?,55?,56?,57?,58?,59?,61?,62?,63?,64?,65?,66?,67?/m0/s1. The first-order valence-corrected chi connectivity index (χ1v) is 38.7. The van der Waals surface area contributed by atoms with E-state index in [0.717, 1.165) is 34.6 Å². The largest absolute Gasteiger partial charge is 0.394 e. The highest BCUT2D eigenvalue weighted by atomic mass is 32.1. The molecule has 0 saturated carbocycles. The molecule has 8 rings (SSSR count). The van der Waals surface area contributed by atoms with E-state index in [4.69, 9.17) is 81.5 Å². The Morgan fingerprint density at radius 3 is 1.03 bits per heavy atom. The van der Waals surface area contributed by atoms with E-state index in [1.807, 2.05) is 0 Å². The van der Waals surface area contributed by atoms with Crippen LogP contribution in [-0.2, 0) is 105 Å². The third kappa shape index (κ3) is 24.2. The van der Waals surface area contributed by atoms with Gasteiger partial charge in [-0.2, -0.15) is 0 Å². The summed E-state index contributed by atoms with van der Waals surface area (Å²) in [6.45, 7) is -5.08. The molecule has 0 aliphatic carbocycles. The minimum absolute atomic E-state index is 0.692. The van der Waals surface area contributed by atoms with Gasteiger partial charge in [0, 0.05) is 40.0 Å². The molecule has 8 aliphatic rings. The molecule has 53 nitrogen and oxygen atoms in total. The van der Waals surface area contributed by atoms with Crippen LogP contribution < -0.4 is 32.3 Å². The number of ether oxygens (including phenoxy) is 16. The zero-order chi connectivity index (χ0) is 89.9. The van der Waals surface area contributed by atoms with E-state index in [0.29, 0.717) is 0 Å². The smallest absolute Gasteiger partial charge is 0.224 e. The number of thiol groups is 1. The predicted octanol–water partition coefficient (Wildman–Crippen LogP) is -20.5. The fourth-order valence-corrected chi connectivity index (χ4v) is 15.0. The van der Waals surface area contributed by atoms with Gasteiger partial charge in [0.05, 0.1) is 71.6 Å². The maximum atomic E-state index is 13.0. The second-order valence-electron chi connectivity index (χ2n) is 30.2. The Morgan fingerprint density at radius 2 is 0.653 bits per heavy atom. The molecule has 0 aromatic heterocycles. The third-order valence-corrected chi connectivity index (χ3v) is 21.8. The molecule has 0 aromatic rings. The van der Waals surface area contributed by atoms with E-state index >= 15 is 0 Å². The summed E-state index contributed by atoms with van der Waals surface area (Å²) in [6.07, 6.45) is -85.8. The van der Waals surface area contributed by atoms with E-state index in [2.05, 4.69) is 39.2 Å². The highest BCUT2D eigenvalue weighted by Gasteiger charge is 2.60. The van der Waals surface area contributed by atoms with Crippen molar-refractivity contribution < 1.29 is 232 Å². The summed E-state index contributed by atoms with van der Waals surface area (Å²) in [4.78, 5) is 76.2. The lowest BCUT2D eigenvalue weighted by molar-refractivity contribution is -0.383. The van der Waals surface area contributed by atoms with E-state index in [9.17, 15) is 156 Å². The number of rotatable bonds is 37. The fourth-order valence-electron chi connectivity index (χ4n) is 14.9. The Bertz CT molecular complexity index is 3270. The van der Waals surface area contributed by atoms with Gasteiger partial charge < -0.3 is 236 Å². The first kappa shape index (κ1) is 102. The summed E-state index contributed by atoms with van der Waals surface area (Å²) in [7, 11) is 0. The molecule has 121 heavy (non-hydrogen) atoms. The molecule has 8 heterocycles. The van der Waals surface area contributed by atoms with E-state index < -0.39 is 382 Å². The van der Waals surface area contributed by atoms with Gasteiger partial charge in [0.15, 0.2) is 56.5 Å². The molecule has 45 unspecified atom stereocenters. The Balaban J connectivity index is 1.13. The Labute approximate surface area is 692 Å². The number of nitrogens with two attached hydrogens (primary N) is 1. The maximum Gasteiger partial charge on any atom is 0.224 e. The molecule has 8 aliphatic heterocycles. The average Bonchev–Trinajstić information content (AvgIpc) is 0.776. The second kappa shape index (κ2) is 45.6. The minimum Gasteiger partial charge on any atom is -0.394 e. The SMILES string of the molecule is CC(=O)NC1C(NC(=O)C[C@H](N)C(=O)S)OC(CO)C(OC2OC(CO)C(OC(O)C(O)C(OC3OC(CO)C(O)C(O)C3OC3OC(CO)C(OC4OC(CO)C(O)C(O)C4O)C(O)C3NC(C)=O)C(O)C(C)COC3OC(CO)C(O)C(O)C3OC3OC(CO)C(OC4OC(CO)C(O)C(O)C4O)C(O)C3NC(C)=O)C(O)C2NC(C)=O)C1O. The van der Waals surface area contributed by atoms with Gasteiger partial charge in [0.2, 0.25) is 34.7 Å². The first-order valence-electron chi connectivity index (χ1n) is 38.3. The second-order valence-corrected chi connectivity index (χ2v) is 30.7. The van der Waals surface area contributed by atoms with Crippen LogP contribution in [0, 0.1) is 5.92 Å². The first-order chi connectivity index (χ1) is 57.0. The normalized spacial score (nSPS) is 43.9. The number of nitrogens with one attached hydrogen (secondary N) is 5. The topological polar surface area (TPSA) is 842 Å². The third-order valence-electron chi connectivity index (χ3n) is 21.4. The molecule has 46 atom stereocenters. The van der Waals surface area contributed by atoms with Crippen LogP contribution in [0.4, 0.5) is 0 Å². The molecule has 700 valence electrons. The van der Waals surface area contributed by atoms with Gasteiger partial charge in [-0.05, 0) is 0 Å².